The number of hydrogen-bond donors (Lipinski definition) is 1. The van der Waals surface area contributed by atoms with Crippen LogP contribution in [0.5, 0.6) is 0 Å². The number of nitrogens with zero attached hydrogens (tertiary/aromatic N) is 3. The number of para-hydroxylation sites is 1. The van der Waals surface area contributed by atoms with Crippen molar-refractivity contribution in [3.05, 3.63) is 77.1 Å². The van der Waals surface area contributed by atoms with Crippen LogP contribution in [-0.4, -0.2) is 28.3 Å². The van der Waals surface area contributed by atoms with Crippen molar-refractivity contribution in [1.82, 2.24) is 9.78 Å². The van der Waals surface area contributed by atoms with Crippen LogP contribution in [0.25, 0.3) is 5.69 Å². The van der Waals surface area contributed by atoms with Crippen molar-refractivity contribution < 1.29 is 14.3 Å². The average molecular weight is 374 g/mol. The van der Waals surface area contributed by atoms with E-state index in [1.165, 1.54) is 0 Å². The van der Waals surface area contributed by atoms with Crippen molar-refractivity contribution in [2.24, 2.45) is 0 Å². The highest BCUT2D eigenvalue weighted by molar-refractivity contribution is 5.96. The first-order valence-electron chi connectivity index (χ1n) is 8.58. The zero-order chi connectivity index (χ0) is 20.1. The van der Waals surface area contributed by atoms with E-state index in [1.807, 2.05) is 26.0 Å². The van der Waals surface area contributed by atoms with Gasteiger partial charge in [-0.15, -0.1) is 0 Å². The van der Waals surface area contributed by atoms with Gasteiger partial charge in [0, 0.05) is 5.69 Å². The summed E-state index contributed by atoms with van der Waals surface area (Å²) in [6, 6.07) is 17.3. The lowest BCUT2D eigenvalue weighted by Crippen LogP contribution is -2.21. The lowest BCUT2D eigenvalue weighted by molar-refractivity contribution is -0.119. The van der Waals surface area contributed by atoms with Crippen LogP contribution in [0, 0.1) is 25.2 Å². The summed E-state index contributed by atoms with van der Waals surface area (Å²) < 4.78 is 6.83. The predicted octanol–water partition coefficient (Wildman–Crippen LogP) is 3.16. The van der Waals surface area contributed by atoms with Crippen LogP contribution in [0.15, 0.2) is 54.6 Å². The van der Waals surface area contributed by atoms with Crippen molar-refractivity contribution in [2.45, 2.75) is 13.8 Å². The molecule has 0 aliphatic heterocycles. The van der Waals surface area contributed by atoms with Gasteiger partial charge in [-0.05, 0) is 56.3 Å². The number of aryl methyl sites for hydroxylation is 2. The fourth-order valence-electron chi connectivity index (χ4n) is 2.72. The Morgan fingerprint density at radius 3 is 2.50 bits per heavy atom. The number of esters is 1. The normalized spacial score (nSPS) is 10.2. The van der Waals surface area contributed by atoms with E-state index < -0.39 is 18.5 Å². The summed E-state index contributed by atoms with van der Waals surface area (Å²) >= 11 is 0. The number of nitrogens with one attached hydrogen (secondary N) is 1. The largest absolute Gasteiger partial charge is 0.452 e. The lowest BCUT2D eigenvalue weighted by Gasteiger charge is -2.08. The summed E-state index contributed by atoms with van der Waals surface area (Å²) in [5.74, 6) is -1.13. The van der Waals surface area contributed by atoms with Crippen LogP contribution in [0.4, 0.5) is 5.69 Å². The molecule has 0 radical (unpaired) electrons. The number of aromatic nitrogens is 2. The van der Waals surface area contributed by atoms with E-state index in [0.29, 0.717) is 16.8 Å². The molecule has 1 N–H and O–H groups in total. The Balaban J connectivity index is 1.60. The number of amides is 1. The number of rotatable bonds is 5. The second-order valence-corrected chi connectivity index (χ2v) is 6.17. The lowest BCUT2D eigenvalue weighted by atomic mass is 10.2. The third-order valence-electron chi connectivity index (χ3n) is 4.01. The minimum atomic E-state index is -0.608. The number of carbonyl (C=O) groups is 2. The first-order valence-corrected chi connectivity index (χ1v) is 8.58. The Kier molecular flexibility index (Phi) is 5.51. The molecule has 28 heavy (non-hydrogen) atoms. The summed E-state index contributed by atoms with van der Waals surface area (Å²) in [7, 11) is 0. The number of nitriles is 1. The fraction of sp³-hybridized carbons (Fsp3) is 0.143. The average Bonchev–Trinajstić information content (AvgIpc) is 3.04. The number of anilines is 1. The monoisotopic (exact) mass is 374 g/mol. The van der Waals surface area contributed by atoms with Gasteiger partial charge < -0.3 is 10.1 Å². The highest BCUT2D eigenvalue weighted by Gasteiger charge is 2.12. The Labute approximate surface area is 162 Å². The molecule has 0 aliphatic carbocycles. The molecule has 1 heterocycles. The van der Waals surface area contributed by atoms with E-state index in [-0.39, 0.29) is 0 Å². The SMILES string of the molecule is Cc1cc(C)n(-c2ccc(C(=O)OCC(=O)Nc3ccccc3C#N)cc2)n1. The van der Waals surface area contributed by atoms with Crippen LogP contribution in [0.3, 0.4) is 0 Å². The molecule has 3 aromatic rings. The van der Waals surface area contributed by atoms with E-state index in [9.17, 15) is 9.59 Å². The molecule has 7 nitrogen and oxygen atoms in total. The van der Waals surface area contributed by atoms with Crippen molar-refractivity contribution in [1.29, 1.82) is 5.26 Å². The van der Waals surface area contributed by atoms with Gasteiger partial charge in [-0.2, -0.15) is 10.4 Å². The smallest absolute Gasteiger partial charge is 0.338 e. The van der Waals surface area contributed by atoms with Gasteiger partial charge in [0.15, 0.2) is 6.61 Å². The first-order chi connectivity index (χ1) is 13.5. The maximum atomic E-state index is 12.2. The third-order valence-corrected chi connectivity index (χ3v) is 4.01. The minimum absolute atomic E-state index is 0.329. The summed E-state index contributed by atoms with van der Waals surface area (Å²) in [6.45, 7) is 3.42. The minimum Gasteiger partial charge on any atom is -0.452 e. The maximum absolute atomic E-state index is 12.2. The molecular formula is C21H18N4O3. The molecule has 0 aliphatic rings. The van der Waals surface area contributed by atoms with Gasteiger partial charge in [0.05, 0.1) is 28.2 Å². The van der Waals surface area contributed by atoms with Crippen LogP contribution < -0.4 is 5.32 Å². The van der Waals surface area contributed by atoms with Crippen LogP contribution in [0.2, 0.25) is 0 Å². The molecule has 0 spiro atoms. The Bertz CT molecular complexity index is 1060. The molecule has 1 aromatic heterocycles. The molecule has 1 amide bonds. The van der Waals surface area contributed by atoms with Gasteiger partial charge >= 0.3 is 5.97 Å². The first kappa shape index (κ1) is 18.9. The van der Waals surface area contributed by atoms with E-state index in [1.54, 1.807) is 53.2 Å². The molecule has 7 heteroatoms. The second-order valence-electron chi connectivity index (χ2n) is 6.17. The molecular weight excluding hydrogens is 356 g/mol. The topological polar surface area (TPSA) is 97.0 Å². The van der Waals surface area contributed by atoms with Crippen LogP contribution >= 0.6 is 0 Å². The second kappa shape index (κ2) is 8.18. The molecule has 2 aromatic carbocycles. The highest BCUT2D eigenvalue weighted by atomic mass is 16.5. The summed E-state index contributed by atoms with van der Waals surface area (Å²) in [5.41, 5.74) is 3.76. The van der Waals surface area contributed by atoms with Gasteiger partial charge in [-0.25, -0.2) is 9.48 Å². The number of benzene rings is 2. The molecule has 140 valence electrons. The maximum Gasteiger partial charge on any atom is 0.338 e. The summed E-state index contributed by atoms with van der Waals surface area (Å²) in [5, 5.41) is 16.0. The predicted molar refractivity (Wildman–Crippen MR) is 103 cm³/mol. The number of ether oxygens (including phenoxy) is 1. The Morgan fingerprint density at radius 2 is 1.86 bits per heavy atom. The van der Waals surface area contributed by atoms with Crippen LogP contribution in [0.1, 0.15) is 27.3 Å². The standard InChI is InChI=1S/C21H18N4O3/c1-14-11-15(2)25(24-14)18-9-7-16(8-10-18)21(27)28-13-20(26)23-19-6-4-3-5-17(19)12-22/h3-11H,13H2,1-2H3,(H,23,26). The molecule has 0 unspecified atom stereocenters. The Hall–Kier alpha value is -3.92. The molecule has 0 bridgehead atoms. The van der Waals surface area contributed by atoms with Gasteiger partial charge in [-0.3, -0.25) is 4.79 Å². The van der Waals surface area contributed by atoms with Gasteiger partial charge in [0.2, 0.25) is 0 Å². The van der Waals surface area contributed by atoms with Crippen molar-refractivity contribution >= 4 is 17.6 Å². The fourth-order valence-corrected chi connectivity index (χ4v) is 2.72. The zero-order valence-corrected chi connectivity index (χ0v) is 15.5. The van der Waals surface area contributed by atoms with E-state index in [2.05, 4.69) is 10.4 Å². The van der Waals surface area contributed by atoms with Gasteiger partial charge in [-0.1, -0.05) is 12.1 Å². The molecule has 0 saturated carbocycles. The quantitative estimate of drug-likeness (QED) is 0.692. The van der Waals surface area contributed by atoms with Gasteiger partial charge in [0.25, 0.3) is 5.91 Å². The molecule has 0 fully saturated rings. The van der Waals surface area contributed by atoms with Crippen LogP contribution in [-0.2, 0) is 9.53 Å². The third kappa shape index (κ3) is 4.24. The summed E-state index contributed by atoms with van der Waals surface area (Å²) in [4.78, 5) is 24.2. The van der Waals surface area contributed by atoms with Gasteiger partial charge in [0.1, 0.15) is 6.07 Å². The number of carbonyl (C=O) groups excluding carboxylic acids is 2. The van der Waals surface area contributed by atoms with E-state index in [4.69, 9.17) is 10.00 Å². The molecule has 3 rings (SSSR count). The van der Waals surface area contributed by atoms with Crippen molar-refractivity contribution in [2.75, 3.05) is 11.9 Å². The summed E-state index contributed by atoms with van der Waals surface area (Å²) in [6.07, 6.45) is 0. The van der Waals surface area contributed by atoms with Crippen molar-refractivity contribution in [3.8, 4) is 11.8 Å². The van der Waals surface area contributed by atoms with E-state index in [0.717, 1.165) is 17.1 Å². The molecule has 0 atom stereocenters. The molecule has 0 saturated heterocycles. The number of hydrogen-bond acceptors (Lipinski definition) is 5. The Morgan fingerprint density at radius 1 is 1.14 bits per heavy atom. The van der Waals surface area contributed by atoms with Crippen molar-refractivity contribution in [3.63, 3.8) is 0 Å². The highest BCUT2D eigenvalue weighted by Crippen LogP contribution is 2.15. The zero-order valence-electron chi connectivity index (χ0n) is 15.5. The van der Waals surface area contributed by atoms with E-state index >= 15 is 0 Å².